The Kier molecular flexibility index (Phi) is 7.66. The fourth-order valence-corrected chi connectivity index (χ4v) is 3.15. The fourth-order valence-electron chi connectivity index (χ4n) is 3.15. The Bertz CT molecular complexity index is 732. The van der Waals surface area contributed by atoms with Crippen LogP contribution in [0.5, 0.6) is 0 Å². The summed E-state index contributed by atoms with van der Waals surface area (Å²) in [5, 5.41) is 10.9. The van der Waals surface area contributed by atoms with Crippen LogP contribution in [0.4, 0.5) is 5.82 Å². The summed E-state index contributed by atoms with van der Waals surface area (Å²) < 4.78 is 7.56. The molecule has 2 aromatic heterocycles. The van der Waals surface area contributed by atoms with Gasteiger partial charge in [0.15, 0.2) is 5.96 Å². The molecule has 2 aromatic rings. The molecule has 3 heterocycles. The normalized spacial score (nSPS) is 17.6. The van der Waals surface area contributed by atoms with Crippen LogP contribution < -0.4 is 15.5 Å². The molecule has 8 nitrogen and oxygen atoms in total. The van der Waals surface area contributed by atoms with Crippen molar-refractivity contribution in [3.05, 3.63) is 42.4 Å². The molecule has 8 heteroatoms. The van der Waals surface area contributed by atoms with Crippen LogP contribution in [0.3, 0.4) is 0 Å². The van der Waals surface area contributed by atoms with E-state index in [9.17, 15) is 0 Å². The summed E-state index contributed by atoms with van der Waals surface area (Å²) >= 11 is 0. The van der Waals surface area contributed by atoms with E-state index in [1.165, 1.54) is 0 Å². The number of morpholine rings is 1. The molecule has 0 amide bonds. The van der Waals surface area contributed by atoms with Gasteiger partial charge in [0, 0.05) is 51.3 Å². The molecule has 2 N–H and O–H groups in total. The molecule has 0 bridgehead atoms. The number of nitrogens with zero attached hydrogens (tertiary/aromatic N) is 5. The zero-order valence-corrected chi connectivity index (χ0v) is 16.8. The van der Waals surface area contributed by atoms with E-state index in [1.807, 2.05) is 29.2 Å². The van der Waals surface area contributed by atoms with E-state index in [4.69, 9.17) is 9.73 Å². The maximum atomic E-state index is 5.62. The van der Waals surface area contributed by atoms with Crippen LogP contribution in [-0.4, -0.2) is 59.6 Å². The van der Waals surface area contributed by atoms with Crippen molar-refractivity contribution in [2.45, 2.75) is 39.5 Å². The minimum Gasteiger partial charge on any atom is -0.375 e. The summed E-state index contributed by atoms with van der Waals surface area (Å²) in [5.41, 5.74) is 1.15. The van der Waals surface area contributed by atoms with Gasteiger partial charge in [-0.2, -0.15) is 5.10 Å². The largest absolute Gasteiger partial charge is 0.375 e. The summed E-state index contributed by atoms with van der Waals surface area (Å²) in [6.45, 7) is 9.86. The molecule has 1 saturated heterocycles. The molecule has 1 aliphatic heterocycles. The first kappa shape index (κ1) is 20.1. The molecule has 0 saturated carbocycles. The number of aliphatic imine (C=N–C) groups is 1. The molecule has 1 unspecified atom stereocenters. The van der Waals surface area contributed by atoms with E-state index >= 15 is 0 Å². The lowest BCUT2D eigenvalue weighted by atomic mass is 10.2. The van der Waals surface area contributed by atoms with E-state index in [-0.39, 0.29) is 6.10 Å². The summed E-state index contributed by atoms with van der Waals surface area (Å²) in [6.07, 6.45) is 6.88. The predicted octanol–water partition coefficient (Wildman–Crippen LogP) is 1.65. The maximum Gasteiger partial charge on any atom is 0.191 e. The third kappa shape index (κ3) is 6.23. The molecule has 0 spiro atoms. The van der Waals surface area contributed by atoms with E-state index in [0.717, 1.165) is 63.1 Å². The van der Waals surface area contributed by atoms with Crippen molar-refractivity contribution in [3.63, 3.8) is 0 Å². The monoisotopic (exact) mass is 385 g/mol. The van der Waals surface area contributed by atoms with Gasteiger partial charge in [-0.3, -0.25) is 4.68 Å². The molecule has 1 aliphatic rings. The molecular formula is C20H31N7O. The van der Waals surface area contributed by atoms with Crippen molar-refractivity contribution in [2.75, 3.05) is 37.7 Å². The van der Waals surface area contributed by atoms with Crippen LogP contribution >= 0.6 is 0 Å². The second kappa shape index (κ2) is 10.7. The van der Waals surface area contributed by atoms with Gasteiger partial charge in [-0.25, -0.2) is 9.98 Å². The Labute approximate surface area is 167 Å². The Balaban J connectivity index is 1.52. The third-order valence-corrected chi connectivity index (χ3v) is 4.55. The fraction of sp³-hybridized carbons (Fsp3) is 0.550. The van der Waals surface area contributed by atoms with Crippen LogP contribution in [0, 0.1) is 0 Å². The lowest BCUT2D eigenvalue weighted by Crippen LogP contribution is -2.41. The third-order valence-electron chi connectivity index (χ3n) is 4.55. The molecule has 1 atom stereocenters. The summed E-state index contributed by atoms with van der Waals surface area (Å²) in [4.78, 5) is 11.5. The predicted molar refractivity (Wildman–Crippen MR) is 112 cm³/mol. The Hall–Kier alpha value is -2.61. The number of hydrogen-bond donors (Lipinski definition) is 2. The molecular weight excluding hydrogens is 354 g/mol. The average molecular weight is 386 g/mol. The van der Waals surface area contributed by atoms with Crippen LogP contribution in [0.1, 0.15) is 25.8 Å². The lowest BCUT2D eigenvalue weighted by Gasteiger charge is -2.32. The van der Waals surface area contributed by atoms with Crippen molar-refractivity contribution < 1.29 is 4.74 Å². The summed E-state index contributed by atoms with van der Waals surface area (Å²) in [7, 11) is 0. The van der Waals surface area contributed by atoms with E-state index < -0.39 is 0 Å². The maximum absolute atomic E-state index is 5.62. The van der Waals surface area contributed by atoms with Crippen LogP contribution in [0.2, 0.25) is 0 Å². The topological polar surface area (TPSA) is 79.6 Å². The molecule has 0 aromatic carbocycles. The molecule has 152 valence electrons. The van der Waals surface area contributed by atoms with Gasteiger partial charge in [0.25, 0.3) is 0 Å². The number of pyridine rings is 1. The van der Waals surface area contributed by atoms with Gasteiger partial charge < -0.3 is 20.3 Å². The number of nitrogens with one attached hydrogen (secondary N) is 2. The first-order valence-electron chi connectivity index (χ1n) is 10.1. The number of ether oxygens (including phenoxy) is 1. The molecule has 3 rings (SSSR count). The van der Waals surface area contributed by atoms with Crippen LogP contribution in [0.25, 0.3) is 0 Å². The van der Waals surface area contributed by atoms with Crippen LogP contribution in [-0.2, 0) is 17.8 Å². The average Bonchev–Trinajstić information content (AvgIpc) is 3.23. The van der Waals surface area contributed by atoms with E-state index in [1.54, 1.807) is 6.20 Å². The smallest absolute Gasteiger partial charge is 0.191 e. The van der Waals surface area contributed by atoms with Gasteiger partial charge in [-0.05, 0) is 44.0 Å². The summed E-state index contributed by atoms with van der Waals surface area (Å²) in [6, 6.07) is 6.10. The Morgan fingerprint density at radius 2 is 2.29 bits per heavy atom. The zero-order chi connectivity index (χ0) is 19.6. The minimum atomic E-state index is 0.239. The number of guanidine groups is 1. The number of aromatic nitrogens is 3. The Morgan fingerprint density at radius 1 is 1.36 bits per heavy atom. The van der Waals surface area contributed by atoms with Gasteiger partial charge in [-0.15, -0.1) is 0 Å². The standard InChI is InChI=1S/C20H31N7O/c1-3-21-20(23-7-4-10-27-11-5-8-25-27)24-15-18-6-9-22-19(14-18)26-12-13-28-17(2)16-26/h5-6,8-9,11,14,17H,3-4,7,10,12-13,15-16H2,1-2H3,(H2,21,23,24). The quantitative estimate of drug-likeness (QED) is 0.409. The number of rotatable bonds is 8. The first-order chi connectivity index (χ1) is 13.7. The second-order valence-electron chi connectivity index (χ2n) is 6.89. The van der Waals surface area contributed by atoms with Crippen LogP contribution in [0.15, 0.2) is 41.8 Å². The van der Waals surface area contributed by atoms with E-state index in [2.05, 4.69) is 45.5 Å². The zero-order valence-electron chi connectivity index (χ0n) is 16.8. The molecule has 28 heavy (non-hydrogen) atoms. The van der Waals surface area contributed by atoms with Gasteiger partial charge >= 0.3 is 0 Å². The second-order valence-corrected chi connectivity index (χ2v) is 6.89. The summed E-state index contributed by atoms with van der Waals surface area (Å²) in [5.74, 6) is 1.83. The van der Waals surface area contributed by atoms with Crippen molar-refractivity contribution >= 4 is 11.8 Å². The number of anilines is 1. The van der Waals surface area contributed by atoms with E-state index in [0.29, 0.717) is 6.54 Å². The van der Waals surface area contributed by atoms with Crippen molar-refractivity contribution in [1.29, 1.82) is 0 Å². The highest BCUT2D eigenvalue weighted by molar-refractivity contribution is 5.79. The molecule has 1 fully saturated rings. The van der Waals surface area contributed by atoms with Crippen molar-refractivity contribution in [1.82, 2.24) is 25.4 Å². The molecule has 0 aliphatic carbocycles. The van der Waals surface area contributed by atoms with Crippen molar-refractivity contribution in [2.24, 2.45) is 4.99 Å². The highest BCUT2D eigenvalue weighted by Crippen LogP contribution is 2.16. The first-order valence-corrected chi connectivity index (χ1v) is 10.1. The van der Waals surface area contributed by atoms with Gasteiger partial charge in [-0.1, -0.05) is 0 Å². The SMILES string of the molecule is CCNC(=NCc1ccnc(N2CCOC(C)C2)c1)NCCCn1cccn1. The number of aryl methyl sites for hydroxylation is 1. The van der Waals surface area contributed by atoms with Gasteiger partial charge in [0.05, 0.1) is 19.3 Å². The number of hydrogen-bond acceptors (Lipinski definition) is 5. The lowest BCUT2D eigenvalue weighted by molar-refractivity contribution is 0.0529. The Morgan fingerprint density at radius 3 is 3.07 bits per heavy atom. The van der Waals surface area contributed by atoms with Gasteiger partial charge in [0.2, 0.25) is 0 Å². The van der Waals surface area contributed by atoms with Crippen molar-refractivity contribution in [3.8, 4) is 0 Å². The minimum absolute atomic E-state index is 0.239. The van der Waals surface area contributed by atoms with Gasteiger partial charge in [0.1, 0.15) is 5.82 Å². The highest BCUT2D eigenvalue weighted by atomic mass is 16.5. The molecule has 0 radical (unpaired) electrons. The highest BCUT2D eigenvalue weighted by Gasteiger charge is 2.17.